The van der Waals surface area contributed by atoms with Crippen LogP contribution in [0.5, 0.6) is 0 Å². The summed E-state index contributed by atoms with van der Waals surface area (Å²) in [5.41, 5.74) is 1.03. The van der Waals surface area contributed by atoms with Gasteiger partial charge >= 0.3 is 0 Å². The lowest BCUT2D eigenvalue weighted by Gasteiger charge is -2.88. The zero-order chi connectivity index (χ0) is 6.51. The highest BCUT2D eigenvalue weighted by Crippen LogP contribution is 2.89. The summed E-state index contributed by atoms with van der Waals surface area (Å²) in [5.74, 6) is 6.03. The Kier molecular flexibility index (Phi) is 0.479. The fourth-order valence-electron chi connectivity index (χ4n) is 5.21. The molecule has 0 aromatic rings. The van der Waals surface area contributed by atoms with E-state index >= 15 is 0 Å². The summed E-state index contributed by atoms with van der Waals surface area (Å²) in [5, 5.41) is 0. The van der Waals surface area contributed by atoms with Gasteiger partial charge in [-0.3, -0.25) is 0 Å². The van der Waals surface area contributed by atoms with E-state index in [-0.39, 0.29) is 0 Å². The van der Waals surface area contributed by atoms with E-state index in [1.807, 2.05) is 0 Å². The average molecular weight is 134 g/mol. The molecule has 54 valence electrons. The summed E-state index contributed by atoms with van der Waals surface area (Å²) < 4.78 is 0. The predicted octanol–water partition coefficient (Wildman–Crippen LogP) is 2.30. The minimum absolute atomic E-state index is 1.03. The van der Waals surface area contributed by atoms with Crippen LogP contribution in [-0.2, 0) is 0 Å². The van der Waals surface area contributed by atoms with Gasteiger partial charge in [-0.2, -0.15) is 0 Å². The van der Waals surface area contributed by atoms with Crippen molar-refractivity contribution in [2.45, 2.75) is 26.2 Å². The molecule has 1 spiro atoms. The molecular weight excluding hydrogens is 120 g/mol. The van der Waals surface area contributed by atoms with Crippen molar-refractivity contribution in [1.82, 2.24) is 0 Å². The van der Waals surface area contributed by atoms with E-state index < -0.39 is 0 Å². The van der Waals surface area contributed by atoms with E-state index in [4.69, 9.17) is 0 Å². The van der Waals surface area contributed by atoms with Crippen molar-refractivity contribution in [2.24, 2.45) is 35.0 Å². The van der Waals surface area contributed by atoms with Crippen molar-refractivity contribution in [3.05, 3.63) is 0 Å². The van der Waals surface area contributed by atoms with Gasteiger partial charge in [0.2, 0.25) is 0 Å². The van der Waals surface area contributed by atoms with Crippen molar-refractivity contribution < 1.29 is 0 Å². The van der Waals surface area contributed by atoms with E-state index in [0.717, 1.165) is 11.3 Å². The number of hydrogen-bond acceptors (Lipinski definition) is 0. The molecule has 0 aliphatic heterocycles. The van der Waals surface area contributed by atoms with Crippen molar-refractivity contribution in [3.63, 3.8) is 0 Å². The van der Waals surface area contributed by atoms with Gasteiger partial charge in [0.25, 0.3) is 0 Å². The fourth-order valence-corrected chi connectivity index (χ4v) is 5.21. The Bertz CT molecular complexity index is 196. The molecule has 4 rings (SSSR count). The van der Waals surface area contributed by atoms with Gasteiger partial charge in [-0.05, 0) is 54.3 Å². The van der Waals surface area contributed by atoms with Gasteiger partial charge < -0.3 is 0 Å². The lowest BCUT2D eigenvalue weighted by atomic mass is 9.16. The molecule has 10 heavy (non-hydrogen) atoms. The van der Waals surface area contributed by atoms with Crippen LogP contribution in [-0.4, -0.2) is 0 Å². The van der Waals surface area contributed by atoms with Crippen LogP contribution in [0.3, 0.4) is 0 Å². The molecule has 4 aliphatic rings. The molecule has 4 unspecified atom stereocenters. The third-order valence-electron chi connectivity index (χ3n) is 5.61. The first-order valence-electron chi connectivity index (χ1n) is 4.85. The van der Waals surface area contributed by atoms with Crippen LogP contribution in [0.15, 0.2) is 0 Å². The van der Waals surface area contributed by atoms with Crippen LogP contribution < -0.4 is 0 Å². The van der Waals surface area contributed by atoms with Crippen LogP contribution in [0.2, 0.25) is 0 Å². The molecule has 0 heteroatoms. The van der Waals surface area contributed by atoms with E-state index in [1.165, 1.54) is 23.7 Å². The lowest BCUT2D eigenvalue weighted by Crippen LogP contribution is -2.83. The second kappa shape index (κ2) is 1.00. The van der Waals surface area contributed by atoms with Crippen LogP contribution >= 0.6 is 0 Å². The highest BCUT2D eigenvalue weighted by Gasteiger charge is 2.83. The van der Waals surface area contributed by atoms with Crippen LogP contribution in [0.1, 0.15) is 26.2 Å². The highest BCUT2D eigenvalue weighted by molar-refractivity contribution is 5.31. The minimum atomic E-state index is 1.03. The first-order chi connectivity index (χ1) is 4.85. The maximum atomic E-state index is 2.49. The summed E-state index contributed by atoms with van der Waals surface area (Å²) in [4.78, 5) is 0. The van der Waals surface area contributed by atoms with E-state index in [0.29, 0.717) is 0 Å². The predicted molar refractivity (Wildman–Crippen MR) is 39.4 cm³/mol. The van der Waals surface area contributed by atoms with Crippen LogP contribution in [0.4, 0.5) is 0 Å². The Morgan fingerprint density at radius 1 is 1.00 bits per heavy atom. The second-order valence-electron chi connectivity index (χ2n) is 5.17. The van der Waals surface area contributed by atoms with Gasteiger partial charge in [0.1, 0.15) is 0 Å². The SMILES string of the molecule is CC1C2CC3CC4CC1C342. The summed E-state index contributed by atoms with van der Waals surface area (Å²) in [7, 11) is 0. The number of hydrogen-bond donors (Lipinski definition) is 0. The van der Waals surface area contributed by atoms with Crippen molar-refractivity contribution in [1.29, 1.82) is 0 Å². The third-order valence-corrected chi connectivity index (χ3v) is 5.61. The molecule has 4 saturated carbocycles. The first kappa shape index (κ1) is 4.79. The van der Waals surface area contributed by atoms with Gasteiger partial charge in [0.05, 0.1) is 0 Å². The van der Waals surface area contributed by atoms with Gasteiger partial charge in [-0.25, -0.2) is 0 Å². The Hall–Kier alpha value is 0. The Labute approximate surface area is 62.0 Å². The van der Waals surface area contributed by atoms with E-state index in [9.17, 15) is 0 Å². The maximum absolute atomic E-state index is 2.49. The Morgan fingerprint density at radius 2 is 1.60 bits per heavy atom. The van der Waals surface area contributed by atoms with Crippen LogP contribution in [0, 0.1) is 35.0 Å². The molecular formula is C10H14. The summed E-state index contributed by atoms with van der Waals surface area (Å²) >= 11 is 0. The zero-order valence-electron chi connectivity index (χ0n) is 6.51. The molecule has 4 fully saturated rings. The minimum Gasteiger partial charge on any atom is -0.0619 e. The molecule has 4 atom stereocenters. The molecule has 0 bridgehead atoms. The summed E-state index contributed by atoms with van der Waals surface area (Å²) in [6.07, 6.45) is 4.86. The monoisotopic (exact) mass is 134 g/mol. The zero-order valence-corrected chi connectivity index (χ0v) is 6.51. The second-order valence-corrected chi connectivity index (χ2v) is 5.17. The van der Waals surface area contributed by atoms with Crippen LogP contribution in [0.25, 0.3) is 0 Å². The molecule has 0 amide bonds. The molecule has 0 N–H and O–H groups in total. The number of rotatable bonds is 0. The lowest BCUT2D eigenvalue weighted by molar-refractivity contribution is -0.406. The molecule has 0 nitrogen and oxygen atoms in total. The molecule has 0 aromatic heterocycles. The topological polar surface area (TPSA) is 0 Å². The van der Waals surface area contributed by atoms with Gasteiger partial charge in [-0.1, -0.05) is 6.92 Å². The third kappa shape index (κ3) is 0.202. The standard InChI is InChI=1S/C10H14/c1-5-8-3-6-2-7-4-9(5)10(6,7)8/h5-9H,2-4H2,1H3. The van der Waals surface area contributed by atoms with Crippen molar-refractivity contribution in [3.8, 4) is 0 Å². The van der Waals surface area contributed by atoms with Crippen molar-refractivity contribution in [2.75, 3.05) is 0 Å². The average Bonchev–Trinajstić information content (AvgIpc) is 1.77. The van der Waals surface area contributed by atoms with Crippen molar-refractivity contribution >= 4 is 0 Å². The summed E-state index contributed by atoms with van der Waals surface area (Å²) in [6, 6.07) is 0. The fraction of sp³-hybridized carbons (Fsp3) is 1.00. The van der Waals surface area contributed by atoms with Gasteiger partial charge in [-0.15, -0.1) is 0 Å². The smallest absolute Gasteiger partial charge is 0.0178 e. The molecule has 0 saturated heterocycles. The maximum Gasteiger partial charge on any atom is -0.0178 e. The normalized spacial score (nSPS) is 80.7. The molecule has 0 radical (unpaired) electrons. The molecule has 0 aromatic carbocycles. The van der Waals surface area contributed by atoms with Gasteiger partial charge in [0, 0.05) is 0 Å². The molecule has 0 heterocycles. The largest absolute Gasteiger partial charge is 0.0619 e. The highest BCUT2D eigenvalue weighted by atomic mass is 14.9. The van der Waals surface area contributed by atoms with E-state index in [2.05, 4.69) is 6.92 Å². The Morgan fingerprint density at radius 3 is 2.00 bits per heavy atom. The first-order valence-corrected chi connectivity index (χ1v) is 4.85. The van der Waals surface area contributed by atoms with E-state index in [1.54, 1.807) is 19.3 Å². The summed E-state index contributed by atoms with van der Waals surface area (Å²) in [6.45, 7) is 2.49. The quantitative estimate of drug-likeness (QED) is 0.477. The Balaban J connectivity index is 1.82. The van der Waals surface area contributed by atoms with Gasteiger partial charge in [0.15, 0.2) is 0 Å². The molecule has 4 aliphatic carbocycles.